The summed E-state index contributed by atoms with van der Waals surface area (Å²) in [5.41, 5.74) is -1.51. The van der Waals surface area contributed by atoms with E-state index in [0.717, 1.165) is 17.1 Å². The Labute approximate surface area is 150 Å². The van der Waals surface area contributed by atoms with E-state index in [0.29, 0.717) is 6.04 Å². The lowest BCUT2D eigenvalue weighted by Crippen LogP contribution is -2.50. The summed E-state index contributed by atoms with van der Waals surface area (Å²) in [4.78, 5) is 11.7. The lowest BCUT2D eigenvalue weighted by molar-refractivity contribution is -0.146. The van der Waals surface area contributed by atoms with Crippen molar-refractivity contribution in [2.75, 3.05) is 6.54 Å². The number of nitrogens with one attached hydrogen (secondary N) is 1. The van der Waals surface area contributed by atoms with Crippen molar-refractivity contribution in [3.05, 3.63) is 28.2 Å². The summed E-state index contributed by atoms with van der Waals surface area (Å²) >= 11 is 11.8. The average molecular weight is 393 g/mol. The number of carboxylic acids is 1. The number of benzene rings is 1. The summed E-state index contributed by atoms with van der Waals surface area (Å²) in [5, 5.41) is 13.3. The Balaban J connectivity index is 1.98. The quantitative estimate of drug-likeness (QED) is 0.802. The molecule has 1 aromatic rings. The highest BCUT2D eigenvalue weighted by atomic mass is 35.5. The van der Waals surface area contributed by atoms with Crippen LogP contribution < -0.4 is 5.32 Å². The second-order valence-electron chi connectivity index (χ2n) is 6.56. The lowest BCUT2D eigenvalue weighted by atomic mass is 9.99. The maximum absolute atomic E-state index is 13.0. The first-order valence-electron chi connectivity index (χ1n) is 7.61. The zero-order valence-corrected chi connectivity index (χ0v) is 15.3. The molecule has 2 atom stereocenters. The highest BCUT2D eigenvalue weighted by molar-refractivity contribution is 7.89. The smallest absolute Gasteiger partial charge is 0.324 e. The predicted molar refractivity (Wildman–Crippen MR) is 91.0 cm³/mol. The average Bonchev–Trinajstić information content (AvgIpc) is 3.19. The molecule has 0 spiro atoms. The molecule has 2 fully saturated rings. The molecular weight excluding hydrogens is 375 g/mol. The van der Waals surface area contributed by atoms with Crippen LogP contribution in [0.25, 0.3) is 0 Å². The van der Waals surface area contributed by atoms with Crippen LogP contribution in [0.2, 0.25) is 10.0 Å². The van der Waals surface area contributed by atoms with Crippen LogP contribution in [-0.2, 0) is 14.8 Å². The molecular formula is C15H18Cl2N2O4S. The minimum absolute atomic E-state index is 0.0976. The normalized spacial score (nSPS) is 28.2. The van der Waals surface area contributed by atoms with E-state index in [2.05, 4.69) is 5.32 Å². The zero-order chi connectivity index (χ0) is 17.7. The van der Waals surface area contributed by atoms with Gasteiger partial charge in [0.05, 0.1) is 4.90 Å². The SMILES string of the molecule is C[C@@]1(C(=O)O)C[C@@H](NC2CC2)CN1S(=O)(=O)c1cc(Cl)cc(Cl)c1. The fourth-order valence-electron chi connectivity index (χ4n) is 3.10. The molecule has 0 radical (unpaired) electrons. The van der Waals surface area contributed by atoms with E-state index in [9.17, 15) is 18.3 Å². The molecule has 1 saturated carbocycles. The first-order valence-corrected chi connectivity index (χ1v) is 9.81. The van der Waals surface area contributed by atoms with Crippen LogP contribution in [0.3, 0.4) is 0 Å². The molecule has 6 nitrogen and oxygen atoms in total. The highest BCUT2D eigenvalue weighted by Gasteiger charge is 2.54. The van der Waals surface area contributed by atoms with Crippen molar-refractivity contribution in [2.45, 2.75) is 48.7 Å². The molecule has 1 saturated heterocycles. The van der Waals surface area contributed by atoms with Gasteiger partial charge in [-0.3, -0.25) is 4.79 Å². The molecule has 9 heteroatoms. The highest BCUT2D eigenvalue weighted by Crippen LogP contribution is 2.37. The summed E-state index contributed by atoms with van der Waals surface area (Å²) in [6.07, 6.45) is 2.29. The monoisotopic (exact) mass is 392 g/mol. The summed E-state index contributed by atoms with van der Waals surface area (Å²) in [6.45, 7) is 1.54. The summed E-state index contributed by atoms with van der Waals surface area (Å²) in [7, 11) is -4.04. The molecule has 2 aliphatic rings. The van der Waals surface area contributed by atoms with Crippen LogP contribution in [0.1, 0.15) is 26.2 Å². The maximum atomic E-state index is 13.0. The largest absolute Gasteiger partial charge is 0.480 e. The third-order valence-electron chi connectivity index (χ3n) is 4.51. The number of sulfonamides is 1. The standard InChI is InChI=1S/C15H18Cl2N2O4S/c1-15(14(20)21)7-12(18-11-2-3-11)8-19(15)24(22,23)13-5-9(16)4-10(17)6-13/h4-6,11-12,18H,2-3,7-8H2,1H3,(H,20,21)/t12-,15+/m1/s1. The summed E-state index contributed by atoms with van der Waals surface area (Å²) < 4.78 is 27.1. The van der Waals surface area contributed by atoms with Gasteiger partial charge < -0.3 is 10.4 Å². The van der Waals surface area contributed by atoms with Crippen molar-refractivity contribution in [3.63, 3.8) is 0 Å². The number of nitrogens with zero attached hydrogens (tertiary/aromatic N) is 1. The van der Waals surface area contributed by atoms with Crippen molar-refractivity contribution in [3.8, 4) is 0 Å². The van der Waals surface area contributed by atoms with Gasteiger partial charge in [0, 0.05) is 28.7 Å². The van der Waals surface area contributed by atoms with Crippen molar-refractivity contribution in [2.24, 2.45) is 0 Å². The van der Waals surface area contributed by atoms with E-state index in [1.54, 1.807) is 0 Å². The van der Waals surface area contributed by atoms with E-state index in [-0.39, 0.29) is 33.9 Å². The van der Waals surface area contributed by atoms with E-state index < -0.39 is 21.5 Å². The van der Waals surface area contributed by atoms with Crippen molar-refractivity contribution < 1.29 is 18.3 Å². The molecule has 132 valence electrons. The molecule has 0 unspecified atom stereocenters. The molecule has 2 N–H and O–H groups in total. The first-order chi connectivity index (χ1) is 11.1. The molecule has 1 aliphatic heterocycles. The molecule has 1 aromatic carbocycles. The number of halogens is 2. The number of carboxylic acid groups (broad SMARTS) is 1. The topological polar surface area (TPSA) is 86.7 Å². The van der Waals surface area contributed by atoms with Gasteiger partial charge in [-0.05, 0) is 44.4 Å². The minimum Gasteiger partial charge on any atom is -0.480 e. The van der Waals surface area contributed by atoms with E-state index in [1.807, 2.05) is 0 Å². The van der Waals surface area contributed by atoms with Crippen LogP contribution in [0.4, 0.5) is 0 Å². The van der Waals surface area contributed by atoms with Crippen molar-refractivity contribution in [1.29, 1.82) is 0 Å². The lowest BCUT2D eigenvalue weighted by Gasteiger charge is -2.30. The third kappa shape index (κ3) is 3.28. The Bertz CT molecular complexity index is 761. The Morgan fingerprint density at radius 2 is 1.83 bits per heavy atom. The minimum atomic E-state index is -4.04. The number of carbonyl (C=O) groups is 1. The number of rotatable bonds is 5. The third-order valence-corrected chi connectivity index (χ3v) is 6.91. The zero-order valence-electron chi connectivity index (χ0n) is 13.0. The van der Waals surface area contributed by atoms with Crippen LogP contribution in [0.15, 0.2) is 23.1 Å². The van der Waals surface area contributed by atoms with Gasteiger partial charge in [0.25, 0.3) is 0 Å². The second-order valence-corrected chi connectivity index (χ2v) is 9.30. The molecule has 0 amide bonds. The Hall–Kier alpha value is -0.860. The fraction of sp³-hybridized carbons (Fsp3) is 0.533. The Morgan fingerprint density at radius 3 is 2.33 bits per heavy atom. The van der Waals surface area contributed by atoms with Gasteiger partial charge in [-0.1, -0.05) is 23.2 Å². The van der Waals surface area contributed by atoms with Gasteiger partial charge in [-0.25, -0.2) is 8.42 Å². The molecule has 1 heterocycles. The van der Waals surface area contributed by atoms with Crippen LogP contribution in [0.5, 0.6) is 0 Å². The van der Waals surface area contributed by atoms with Gasteiger partial charge in [0.1, 0.15) is 5.54 Å². The first kappa shape index (κ1) is 17.9. The van der Waals surface area contributed by atoms with Crippen LogP contribution in [0, 0.1) is 0 Å². The number of aliphatic carboxylic acids is 1. The van der Waals surface area contributed by atoms with Gasteiger partial charge in [-0.15, -0.1) is 0 Å². The van der Waals surface area contributed by atoms with Crippen molar-refractivity contribution in [1.82, 2.24) is 9.62 Å². The Kier molecular flexibility index (Phi) is 4.59. The second kappa shape index (κ2) is 6.14. The van der Waals surface area contributed by atoms with E-state index >= 15 is 0 Å². The Morgan fingerprint density at radius 1 is 1.25 bits per heavy atom. The number of hydrogen-bond donors (Lipinski definition) is 2. The summed E-state index contributed by atoms with van der Waals surface area (Å²) in [5.74, 6) is -1.17. The van der Waals surface area contributed by atoms with Gasteiger partial charge >= 0.3 is 5.97 Å². The molecule has 0 aromatic heterocycles. The molecule has 0 bridgehead atoms. The summed E-state index contributed by atoms with van der Waals surface area (Å²) in [6, 6.07) is 4.17. The van der Waals surface area contributed by atoms with Gasteiger partial charge in [0.2, 0.25) is 10.0 Å². The van der Waals surface area contributed by atoms with Gasteiger partial charge in [-0.2, -0.15) is 4.31 Å². The molecule has 3 rings (SSSR count). The van der Waals surface area contributed by atoms with Crippen molar-refractivity contribution >= 4 is 39.2 Å². The van der Waals surface area contributed by atoms with Crippen LogP contribution in [-0.4, -0.2) is 48.0 Å². The van der Waals surface area contributed by atoms with Crippen LogP contribution >= 0.6 is 23.2 Å². The maximum Gasteiger partial charge on any atom is 0.324 e. The predicted octanol–water partition coefficient (Wildman–Crippen LogP) is 2.35. The van der Waals surface area contributed by atoms with Gasteiger partial charge in [0.15, 0.2) is 0 Å². The van der Waals surface area contributed by atoms with E-state index in [1.165, 1.54) is 25.1 Å². The molecule has 24 heavy (non-hydrogen) atoms. The van der Waals surface area contributed by atoms with E-state index in [4.69, 9.17) is 23.2 Å². The number of hydrogen-bond acceptors (Lipinski definition) is 4. The fourth-order valence-corrected chi connectivity index (χ4v) is 5.63. The molecule has 1 aliphatic carbocycles.